The molecule has 0 saturated carbocycles. The first-order valence-corrected chi connectivity index (χ1v) is 7.36. The molecule has 0 saturated heterocycles. The highest BCUT2D eigenvalue weighted by atomic mass is 127. The number of aryl methyl sites for hydroxylation is 2. The number of guanidine groups is 1. The first kappa shape index (κ1) is 21.9. The molecule has 0 heterocycles. The summed E-state index contributed by atoms with van der Waals surface area (Å²) >= 11 is 0. The van der Waals surface area contributed by atoms with Crippen LogP contribution in [0.4, 0.5) is 18.9 Å². The number of ether oxygens (including phenoxy) is 1. The summed E-state index contributed by atoms with van der Waals surface area (Å²) in [5, 5.41) is 12.5. The zero-order valence-corrected chi connectivity index (χ0v) is 16.4. The maximum atomic E-state index is 12.1. The van der Waals surface area contributed by atoms with Gasteiger partial charge in [0, 0.05) is 5.69 Å². The normalized spacial score (nSPS) is 11.7. The lowest BCUT2D eigenvalue weighted by Gasteiger charge is -2.10. The van der Waals surface area contributed by atoms with Gasteiger partial charge in [-0.1, -0.05) is 12.1 Å². The first-order chi connectivity index (χ1) is 11.6. The molecule has 0 spiro atoms. The Morgan fingerprint density at radius 3 is 2.19 bits per heavy atom. The van der Waals surface area contributed by atoms with E-state index >= 15 is 0 Å². The van der Waals surface area contributed by atoms with Crippen LogP contribution in [0, 0.1) is 13.8 Å². The van der Waals surface area contributed by atoms with E-state index in [4.69, 9.17) is 5.73 Å². The van der Waals surface area contributed by atoms with Crippen LogP contribution >= 0.6 is 24.0 Å². The average Bonchev–Trinajstić information content (AvgIpc) is 2.51. The quantitative estimate of drug-likeness (QED) is 0.343. The van der Waals surface area contributed by atoms with Crippen LogP contribution in [-0.4, -0.2) is 17.4 Å². The minimum atomic E-state index is -4.73. The molecule has 0 amide bonds. The number of anilines is 1. The van der Waals surface area contributed by atoms with Gasteiger partial charge in [0.15, 0.2) is 5.96 Å². The van der Waals surface area contributed by atoms with Crippen molar-refractivity contribution >= 4 is 35.6 Å². The Labute approximate surface area is 166 Å². The van der Waals surface area contributed by atoms with Crippen molar-refractivity contribution in [3.05, 3.63) is 53.1 Å². The van der Waals surface area contributed by atoms with E-state index in [0.717, 1.165) is 16.7 Å². The van der Waals surface area contributed by atoms with Crippen molar-refractivity contribution in [3.8, 4) is 11.5 Å². The smallest absolute Gasteiger partial charge is 0.507 e. The Kier molecular flexibility index (Phi) is 7.54. The standard InChI is InChI=1S/C17H18F3N3O2.HI/c1-10-7-12(8-11(2)15(10)24)9-22-16(21)23-13-3-5-14(6-4-13)25-17(18,19)20;/h3-8,24H,9H2,1-2H3,(H3,21,22,23);1H. The van der Waals surface area contributed by atoms with Gasteiger partial charge in [0.2, 0.25) is 0 Å². The highest BCUT2D eigenvalue weighted by molar-refractivity contribution is 14.0. The number of benzene rings is 2. The molecule has 0 aliphatic heterocycles. The van der Waals surface area contributed by atoms with E-state index in [1.807, 2.05) is 12.1 Å². The molecule has 0 aliphatic rings. The number of alkyl halides is 3. The molecule has 26 heavy (non-hydrogen) atoms. The lowest BCUT2D eigenvalue weighted by Crippen LogP contribution is -2.22. The van der Waals surface area contributed by atoms with Crippen LogP contribution in [0.1, 0.15) is 16.7 Å². The molecule has 2 aromatic rings. The predicted molar refractivity (Wildman–Crippen MR) is 105 cm³/mol. The molecule has 0 fully saturated rings. The number of hydrogen-bond acceptors (Lipinski definition) is 3. The molecule has 9 heteroatoms. The summed E-state index contributed by atoms with van der Waals surface area (Å²) in [7, 11) is 0. The van der Waals surface area contributed by atoms with Gasteiger partial charge in [-0.3, -0.25) is 0 Å². The minimum absolute atomic E-state index is 0. The lowest BCUT2D eigenvalue weighted by molar-refractivity contribution is -0.274. The molecular weight excluding hydrogens is 462 g/mol. The Morgan fingerprint density at radius 1 is 1.15 bits per heavy atom. The summed E-state index contributed by atoms with van der Waals surface area (Å²) < 4.78 is 40.1. The predicted octanol–water partition coefficient (Wildman–Crippen LogP) is 4.45. The van der Waals surface area contributed by atoms with E-state index in [9.17, 15) is 18.3 Å². The zero-order chi connectivity index (χ0) is 18.6. The van der Waals surface area contributed by atoms with Crippen molar-refractivity contribution in [2.75, 3.05) is 5.32 Å². The van der Waals surface area contributed by atoms with E-state index < -0.39 is 6.36 Å². The second kappa shape index (κ2) is 8.97. The molecule has 142 valence electrons. The first-order valence-electron chi connectivity index (χ1n) is 7.36. The van der Waals surface area contributed by atoms with Crippen LogP contribution in [0.15, 0.2) is 41.4 Å². The van der Waals surface area contributed by atoms with Crippen LogP contribution in [0.3, 0.4) is 0 Å². The van der Waals surface area contributed by atoms with Crippen LogP contribution < -0.4 is 15.8 Å². The second-order valence-electron chi connectivity index (χ2n) is 5.48. The fourth-order valence-corrected chi connectivity index (χ4v) is 2.24. The Morgan fingerprint density at radius 2 is 1.69 bits per heavy atom. The second-order valence-corrected chi connectivity index (χ2v) is 5.48. The van der Waals surface area contributed by atoms with E-state index in [0.29, 0.717) is 12.2 Å². The number of phenols is 1. The van der Waals surface area contributed by atoms with Crippen LogP contribution in [-0.2, 0) is 6.54 Å². The number of nitrogens with one attached hydrogen (secondary N) is 1. The highest BCUT2D eigenvalue weighted by Gasteiger charge is 2.30. The van der Waals surface area contributed by atoms with E-state index in [2.05, 4.69) is 15.0 Å². The number of aromatic hydroxyl groups is 1. The molecule has 0 unspecified atom stereocenters. The minimum Gasteiger partial charge on any atom is -0.507 e. The Hall–Kier alpha value is -2.17. The largest absolute Gasteiger partial charge is 0.573 e. The molecular formula is C17H19F3IN3O2. The fourth-order valence-electron chi connectivity index (χ4n) is 2.24. The van der Waals surface area contributed by atoms with Crippen molar-refractivity contribution < 1.29 is 23.0 Å². The van der Waals surface area contributed by atoms with Gasteiger partial charge in [0.05, 0.1) is 6.54 Å². The number of nitrogens with zero attached hydrogens (tertiary/aromatic N) is 1. The van der Waals surface area contributed by atoms with Crippen molar-refractivity contribution in [1.82, 2.24) is 0 Å². The molecule has 0 radical (unpaired) electrons. The molecule has 2 aromatic carbocycles. The van der Waals surface area contributed by atoms with Crippen molar-refractivity contribution in [3.63, 3.8) is 0 Å². The summed E-state index contributed by atoms with van der Waals surface area (Å²) in [5.41, 5.74) is 8.63. The van der Waals surface area contributed by atoms with E-state index in [1.54, 1.807) is 13.8 Å². The molecule has 0 bridgehead atoms. The third-order valence-corrected chi connectivity index (χ3v) is 3.34. The van der Waals surface area contributed by atoms with Gasteiger partial charge < -0.3 is 20.9 Å². The summed E-state index contributed by atoms with van der Waals surface area (Å²) in [6.07, 6.45) is -4.73. The summed E-state index contributed by atoms with van der Waals surface area (Å²) in [4.78, 5) is 4.17. The zero-order valence-electron chi connectivity index (χ0n) is 14.1. The molecule has 2 rings (SSSR count). The fraction of sp³-hybridized carbons (Fsp3) is 0.235. The average molecular weight is 481 g/mol. The van der Waals surface area contributed by atoms with Gasteiger partial charge in [0.1, 0.15) is 11.5 Å². The number of nitrogens with two attached hydrogens (primary N) is 1. The van der Waals surface area contributed by atoms with Crippen molar-refractivity contribution in [1.29, 1.82) is 0 Å². The maximum absolute atomic E-state index is 12.1. The Balaban J connectivity index is 0.00000338. The third kappa shape index (κ3) is 6.62. The van der Waals surface area contributed by atoms with Crippen LogP contribution in [0.2, 0.25) is 0 Å². The molecule has 0 aromatic heterocycles. The van der Waals surface area contributed by atoms with Gasteiger partial charge in [-0.25, -0.2) is 4.99 Å². The van der Waals surface area contributed by atoms with Crippen molar-refractivity contribution in [2.24, 2.45) is 10.7 Å². The summed E-state index contributed by atoms with van der Waals surface area (Å²) in [5.74, 6) is 0.0523. The molecule has 0 aliphatic carbocycles. The number of aliphatic imine (C=N–C) groups is 1. The molecule has 5 nitrogen and oxygen atoms in total. The Bertz CT molecular complexity index is 755. The maximum Gasteiger partial charge on any atom is 0.573 e. The van der Waals surface area contributed by atoms with Gasteiger partial charge in [-0.2, -0.15) is 0 Å². The number of phenolic OH excluding ortho intramolecular Hbond substituents is 1. The summed E-state index contributed by atoms with van der Waals surface area (Å²) in [6, 6.07) is 8.77. The van der Waals surface area contributed by atoms with E-state index in [1.165, 1.54) is 24.3 Å². The third-order valence-electron chi connectivity index (χ3n) is 3.34. The summed E-state index contributed by atoms with van der Waals surface area (Å²) in [6.45, 7) is 3.89. The number of rotatable bonds is 4. The van der Waals surface area contributed by atoms with Gasteiger partial charge in [-0.15, -0.1) is 37.1 Å². The number of halogens is 4. The van der Waals surface area contributed by atoms with Crippen molar-refractivity contribution in [2.45, 2.75) is 26.8 Å². The van der Waals surface area contributed by atoms with Crippen LogP contribution in [0.5, 0.6) is 11.5 Å². The van der Waals surface area contributed by atoms with Gasteiger partial charge >= 0.3 is 6.36 Å². The van der Waals surface area contributed by atoms with Gasteiger partial charge in [0.25, 0.3) is 0 Å². The topological polar surface area (TPSA) is 79.9 Å². The molecule has 4 N–H and O–H groups in total. The monoisotopic (exact) mass is 481 g/mol. The van der Waals surface area contributed by atoms with E-state index in [-0.39, 0.29) is 41.4 Å². The lowest BCUT2D eigenvalue weighted by atomic mass is 10.1. The van der Waals surface area contributed by atoms with Gasteiger partial charge in [-0.05, 0) is 54.8 Å². The number of hydrogen-bond donors (Lipinski definition) is 3. The van der Waals surface area contributed by atoms with Crippen LogP contribution in [0.25, 0.3) is 0 Å². The SMILES string of the molecule is Cc1cc(CN=C(N)Nc2ccc(OC(F)(F)F)cc2)cc(C)c1O.I. The molecule has 0 atom stereocenters. The highest BCUT2D eigenvalue weighted by Crippen LogP contribution is 2.24.